The van der Waals surface area contributed by atoms with Crippen molar-refractivity contribution in [1.29, 1.82) is 0 Å². The highest BCUT2D eigenvalue weighted by atomic mass is 32.2. The molecule has 0 bridgehead atoms. The molecular formula is C20H21N3O4S2. The van der Waals surface area contributed by atoms with E-state index in [1.54, 1.807) is 71.6 Å². The molecule has 0 fully saturated rings. The smallest absolute Gasteiger partial charge is 0.225 e. The highest BCUT2D eigenvalue weighted by Gasteiger charge is 2.21. The van der Waals surface area contributed by atoms with E-state index in [4.69, 9.17) is 0 Å². The van der Waals surface area contributed by atoms with Gasteiger partial charge in [-0.3, -0.25) is 0 Å². The van der Waals surface area contributed by atoms with Crippen LogP contribution >= 0.6 is 0 Å². The van der Waals surface area contributed by atoms with Crippen LogP contribution in [0, 0.1) is 0 Å². The maximum atomic E-state index is 12.6. The van der Waals surface area contributed by atoms with Gasteiger partial charge in [0.1, 0.15) is 0 Å². The van der Waals surface area contributed by atoms with Crippen LogP contribution in [0.1, 0.15) is 0 Å². The van der Waals surface area contributed by atoms with Gasteiger partial charge in [0.2, 0.25) is 5.95 Å². The van der Waals surface area contributed by atoms with Crippen molar-refractivity contribution in [3.8, 4) is 0 Å². The van der Waals surface area contributed by atoms with Crippen molar-refractivity contribution >= 4 is 25.6 Å². The fourth-order valence-electron chi connectivity index (χ4n) is 2.72. The quantitative estimate of drug-likeness (QED) is 0.512. The Labute approximate surface area is 170 Å². The molecule has 29 heavy (non-hydrogen) atoms. The molecule has 0 saturated heterocycles. The van der Waals surface area contributed by atoms with E-state index in [9.17, 15) is 16.8 Å². The minimum atomic E-state index is -3.52. The lowest BCUT2D eigenvalue weighted by Gasteiger charge is -2.22. The average Bonchev–Trinajstić information content (AvgIpc) is 2.75. The van der Waals surface area contributed by atoms with E-state index >= 15 is 0 Å². The van der Waals surface area contributed by atoms with Gasteiger partial charge in [0.05, 0.1) is 21.3 Å². The number of benzene rings is 2. The van der Waals surface area contributed by atoms with Gasteiger partial charge in [-0.15, -0.1) is 0 Å². The highest BCUT2D eigenvalue weighted by Crippen LogP contribution is 2.14. The molecule has 3 rings (SSSR count). The number of hydrogen-bond donors (Lipinski definition) is 0. The average molecular weight is 432 g/mol. The first-order valence-electron chi connectivity index (χ1n) is 8.96. The third kappa shape index (κ3) is 5.61. The van der Waals surface area contributed by atoms with Gasteiger partial charge in [-0.2, -0.15) is 0 Å². The Bertz CT molecular complexity index is 1050. The van der Waals surface area contributed by atoms with E-state index in [1.807, 2.05) is 0 Å². The predicted molar refractivity (Wildman–Crippen MR) is 111 cm³/mol. The molecule has 0 amide bonds. The highest BCUT2D eigenvalue weighted by molar-refractivity contribution is 7.91. The van der Waals surface area contributed by atoms with Crippen LogP contribution in [0.3, 0.4) is 0 Å². The molecule has 0 aliphatic carbocycles. The monoisotopic (exact) mass is 431 g/mol. The number of sulfone groups is 2. The molecule has 1 aromatic heterocycles. The summed E-state index contributed by atoms with van der Waals surface area (Å²) in [5.41, 5.74) is 0. The fraction of sp³-hybridized carbons (Fsp3) is 0.200. The Morgan fingerprint density at radius 3 is 1.45 bits per heavy atom. The molecule has 0 aliphatic heterocycles. The molecule has 0 radical (unpaired) electrons. The Morgan fingerprint density at radius 1 is 0.621 bits per heavy atom. The molecule has 3 aromatic rings. The minimum absolute atomic E-state index is 0.0750. The van der Waals surface area contributed by atoms with E-state index in [1.165, 1.54) is 12.4 Å². The zero-order chi connectivity index (χ0) is 20.7. The lowest BCUT2D eigenvalue weighted by Crippen LogP contribution is -2.35. The Balaban J connectivity index is 1.76. The van der Waals surface area contributed by atoms with E-state index in [-0.39, 0.29) is 34.4 Å². The summed E-state index contributed by atoms with van der Waals surface area (Å²) in [6.07, 6.45) is 3.07. The van der Waals surface area contributed by atoms with Gasteiger partial charge in [0.25, 0.3) is 0 Å². The van der Waals surface area contributed by atoms with Crippen molar-refractivity contribution in [2.24, 2.45) is 0 Å². The molecule has 0 spiro atoms. The summed E-state index contributed by atoms with van der Waals surface area (Å²) >= 11 is 0. The van der Waals surface area contributed by atoms with Crippen molar-refractivity contribution in [2.45, 2.75) is 9.79 Å². The largest absolute Gasteiger partial charge is 0.339 e. The van der Waals surface area contributed by atoms with Crippen molar-refractivity contribution < 1.29 is 16.8 Å². The standard InChI is InChI=1S/C20H21N3O4S2/c24-28(25,18-8-3-1-4-9-18)16-14-23(20-21-12-7-13-22-20)15-17-29(26,27)19-10-5-2-6-11-19/h1-13H,14-17H2. The van der Waals surface area contributed by atoms with Crippen LogP contribution in [-0.4, -0.2) is 51.4 Å². The number of hydrogen-bond acceptors (Lipinski definition) is 7. The van der Waals surface area contributed by atoms with Gasteiger partial charge >= 0.3 is 0 Å². The van der Waals surface area contributed by atoms with E-state index in [0.29, 0.717) is 5.95 Å². The number of aromatic nitrogens is 2. The maximum Gasteiger partial charge on any atom is 0.225 e. The van der Waals surface area contributed by atoms with Crippen LogP contribution in [0.5, 0.6) is 0 Å². The normalized spacial score (nSPS) is 11.9. The topological polar surface area (TPSA) is 97.3 Å². The second kappa shape index (κ2) is 9.15. The summed E-state index contributed by atoms with van der Waals surface area (Å²) in [4.78, 5) is 10.3. The van der Waals surface area contributed by atoms with Gasteiger partial charge in [-0.05, 0) is 30.3 Å². The van der Waals surface area contributed by atoms with Gasteiger partial charge in [-0.25, -0.2) is 26.8 Å². The third-order valence-electron chi connectivity index (χ3n) is 4.30. The van der Waals surface area contributed by atoms with Gasteiger partial charge in [0, 0.05) is 25.5 Å². The van der Waals surface area contributed by atoms with Crippen molar-refractivity contribution in [3.63, 3.8) is 0 Å². The van der Waals surface area contributed by atoms with Crippen molar-refractivity contribution in [3.05, 3.63) is 79.1 Å². The summed E-state index contributed by atoms with van der Waals surface area (Å²) in [5, 5.41) is 0. The lowest BCUT2D eigenvalue weighted by molar-refractivity contribution is 0.592. The maximum absolute atomic E-state index is 12.6. The number of rotatable bonds is 9. The van der Waals surface area contributed by atoms with Crippen molar-refractivity contribution in [1.82, 2.24) is 9.97 Å². The first kappa shape index (κ1) is 20.9. The summed E-state index contributed by atoms with van der Waals surface area (Å²) in [7, 11) is -7.03. The second-order valence-electron chi connectivity index (χ2n) is 6.30. The van der Waals surface area contributed by atoms with Crippen LogP contribution < -0.4 is 4.90 Å². The van der Waals surface area contributed by atoms with Crippen LogP contribution in [0.25, 0.3) is 0 Å². The SMILES string of the molecule is O=S(=O)(CCN(CCS(=O)(=O)c1ccccc1)c1ncccn1)c1ccccc1. The summed E-state index contributed by atoms with van der Waals surface area (Å²) in [6.45, 7) is 0.150. The Hall–Kier alpha value is -2.78. The third-order valence-corrected chi connectivity index (χ3v) is 7.72. The molecule has 152 valence electrons. The van der Waals surface area contributed by atoms with E-state index < -0.39 is 19.7 Å². The Morgan fingerprint density at radius 2 is 1.03 bits per heavy atom. The molecule has 0 atom stereocenters. The van der Waals surface area contributed by atoms with Crippen LogP contribution in [0.15, 0.2) is 88.9 Å². The molecule has 0 saturated carbocycles. The molecule has 7 nitrogen and oxygen atoms in total. The van der Waals surface area contributed by atoms with Crippen LogP contribution in [0.2, 0.25) is 0 Å². The molecule has 0 aliphatic rings. The van der Waals surface area contributed by atoms with Crippen LogP contribution in [-0.2, 0) is 19.7 Å². The summed E-state index contributed by atoms with van der Waals surface area (Å²) in [5.74, 6) is -0.0691. The molecule has 9 heteroatoms. The van der Waals surface area contributed by atoms with E-state index in [0.717, 1.165) is 0 Å². The molecule has 2 aromatic carbocycles. The fourth-order valence-corrected chi connectivity index (χ4v) is 5.25. The van der Waals surface area contributed by atoms with E-state index in [2.05, 4.69) is 9.97 Å². The van der Waals surface area contributed by atoms with Gasteiger partial charge < -0.3 is 4.90 Å². The summed E-state index contributed by atoms with van der Waals surface area (Å²) < 4.78 is 50.4. The molecule has 0 unspecified atom stereocenters. The zero-order valence-electron chi connectivity index (χ0n) is 15.6. The van der Waals surface area contributed by atoms with Gasteiger partial charge in [0.15, 0.2) is 19.7 Å². The number of nitrogens with zero attached hydrogens (tertiary/aromatic N) is 3. The lowest BCUT2D eigenvalue weighted by atomic mass is 10.4. The molecular weight excluding hydrogens is 410 g/mol. The van der Waals surface area contributed by atoms with Gasteiger partial charge in [-0.1, -0.05) is 36.4 Å². The van der Waals surface area contributed by atoms with Crippen molar-refractivity contribution in [2.75, 3.05) is 29.5 Å². The minimum Gasteiger partial charge on any atom is -0.339 e. The Kier molecular flexibility index (Phi) is 6.60. The molecule has 0 N–H and O–H groups in total. The number of anilines is 1. The molecule has 1 heterocycles. The zero-order valence-corrected chi connectivity index (χ0v) is 17.3. The first-order valence-corrected chi connectivity index (χ1v) is 12.3. The second-order valence-corrected chi connectivity index (χ2v) is 10.5. The van der Waals surface area contributed by atoms with Crippen LogP contribution in [0.4, 0.5) is 5.95 Å². The first-order chi connectivity index (χ1) is 13.9. The summed E-state index contributed by atoms with van der Waals surface area (Å²) in [6, 6.07) is 18.0. The predicted octanol–water partition coefficient (Wildman–Crippen LogP) is 2.23.